The van der Waals surface area contributed by atoms with Crippen molar-refractivity contribution >= 4 is 11.7 Å². The minimum atomic E-state index is -0.352. The summed E-state index contributed by atoms with van der Waals surface area (Å²) in [7, 11) is 1.36. The minimum absolute atomic E-state index is 0.0532. The third-order valence-electron chi connectivity index (χ3n) is 3.11. The SMILES string of the molecule is COC(=O)c1ccc2c(c1)C(C)(CO)CN2. The van der Waals surface area contributed by atoms with Crippen LogP contribution in [0, 0.1) is 0 Å². The van der Waals surface area contributed by atoms with Gasteiger partial charge in [0.2, 0.25) is 0 Å². The van der Waals surface area contributed by atoms with E-state index in [-0.39, 0.29) is 18.0 Å². The van der Waals surface area contributed by atoms with Gasteiger partial charge in [0.1, 0.15) is 0 Å². The van der Waals surface area contributed by atoms with Crippen molar-refractivity contribution in [2.24, 2.45) is 0 Å². The molecule has 4 heteroatoms. The molecule has 4 nitrogen and oxygen atoms in total. The molecule has 0 aromatic heterocycles. The van der Waals surface area contributed by atoms with Crippen molar-refractivity contribution in [1.29, 1.82) is 0 Å². The van der Waals surface area contributed by atoms with Crippen LogP contribution in [0.2, 0.25) is 0 Å². The molecule has 1 aromatic rings. The molecule has 0 amide bonds. The highest BCUT2D eigenvalue weighted by atomic mass is 16.5. The first-order chi connectivity index (χ1) is 7.60. The molecule has 16 heavy (non-hydrogen) atoms. The third-order valence-corrected chi connectivity index (χ3v) is 3.11. The fraction of sp³-hybridized carbons (Fsp3) is 0.417. The second-order valence-corrected chi connectivity index (χ2v) is 4.32. The number of anilines is 1. The Labute approximate surface area is 94.2 Å². The monoisotopic (exact) mass is 221 g/mol. The zero-order chi connectivity index (χ0) is 11.8. The average molecular weight is 221 g/mol. The molecule has 0 bridgehead atoms. The highest BCUT2D eigenvalue weighted by molar-refractivity contribution is 5.90. The quantitative estimate of drug-likeness (QED) is 0.735. The van der Waals surface area contributed by atoms with Gasteiger partial charge in [-0.3, -0.25) is 0 Å². The van der Waals surface area contributed by atoms with Crippen LogP contribution in [0.15, 0.2) is 18.2 Å². The van der Waals surface area contributed by atoms with Crippen LogP contribution in [-0.4, -0.2) is 31.3 Å². The Morgan fingerprint density at radius 1 is 1.62 bits per heavy atom. The molecule has 1 aromatic carbocycles. The number of fused-ring (bicyclic) bond motifs is 1. The summed E-state index contributed by atoms with van der Waals surface area (Å²) in [5, 5.41) is 12.6. The lowest BCUT2D eigenvalue weighted by Gasteiger charge is -2.20. The molecule has 0 fully saturated rings. The Hall–Kier alpha value is -1.55. The number of carbonyl (C=O) groups excluding carboxylic acids is 1. The topological polar surface area (TPSA) is 58.6 Å². The molecule has 0 spiro atoms. The number of aliphatic hydroxyl groups is 1. The maximum absolute atomic E-state index is 11.4. The molecular formula is C12H15NO3. The molecule has 2 N–H and O–H groups in total. The van der Waals surface area contributed by atoms with Crippen LogP contribution in [0.4, 0.5) is 5.69 Å². The van der Waals surface area contributed by atoms with Crippen molar-refractivity contribution in [2.45, 2.75) is 12.3 Å². The first kappa shape index (κ1) is 11.0. The van der Waals surface area contributed by atoms with E-state index in [1.54, 1.807) is 12.1 Å². The Bertz CT molecular complexity index is 430. The molecular weight excluding hydrogens is 206 g/mol. The van der Waals surface area contributed by atoms with Crippen molar-refractivity contribution in [3.05, 3.63) is 29.3 Å². The van der Waals surface area contributed by atoms with E-state index in [1.165, 1.54) is 7.11 Å². The summed E-state index contributed by atoms with van der Waals surface area (Å²) in [5.74, 6) is -0.352. The lowest BCUT2D eigenvalue weighted by molar-refractivity contribution is 0.0600. The summed E-state index contributed by atoms with van der Waals surface area (Å²) in [6.45, 7) is 2.70. The number of carbonyl (C=O) groups is 1. The standard InChI is InChI=1S/C12H15NO3/c1-12(7-14)6-13-10-4-3-8(5-9(10)12)11(15)16-2/h3-5,13-14H,6-7H2,1-2H3. The van der Waals surface area contributed by atoms with Gasteiger partial charge in [-0.05, 0) is 23.8 Å². The first-order valence-corrected chi connectivity index (χ1v) is 5.18. The average Bonchev–Trinajstić information content (AvgIpc) is 2.66. The van der Waals surface area contributed by atoms with Gasteiger partial charge in [0.25, 0.3) is 0 Å². The minimum Gasteiger partial charge on any atom is -0.465 e. The van der Waals surface area contributed by atoms with Gasteiger partial charge < -0.3 is 15.2 Å². The highest BCUT2D eigenvalue weighted by Crippen LogP contribution is 2.36. The molecule has 1 heterocycles. The fourth-order valence-electron chi connectivity index (χ4n) is 1.97. The maximum atomic E-state index is 11.4. The van der Waals surface area contributed by atoms with Crippen molar-refractivity contribution < 1.29 is 14.6 Å². The molecule has 86 valence electrons. The van der Waals surface area contributed by atoms with Crippen LogP contribution < -0.4 is 5.32 Å². The highest BCUT2D eigenvalue weighted by Gasteiger charge is 2.34. The van der Waals surface area contributed by atoms with Crippen molar-refractivity contribution in [3.63, 3.8) is 0 Å². The molecule has 0 saturated carbocycles. The summed E-state index contributed by atoms with van der Waals surface area (Å²) in [6.07, 6.45) is 0. The van der Waals surface area contributed by atoms with E-state index in [9.17, 15) is 9.90 Å². The summed E-state index contributed by atoms with van der Waals surface area (Å²) in [5.41, 5.74) is 2.14. The number of aliphatic hydroxyl groups excluding tert-OH is 1. The van der Waals surface area contributed by atoms with E-state index in [0.717, 1.165) is 11.3 Å². The van der Waals surface area contributed by atoms with E-state index >= 15 is 0 Å². The van der Waals surface area contributed by atoms with Crippen LogP contribution in [0.5, 0.6) is 0 Å². The summed E-state index contributed by atoms with van der Waals surface area (Å²) in [6, 6.07) is 5.36. The van der Waals surface area contributed by atoms with E-state index < -0.39 is 0 Å². The van der Waals surface area contributed by atoms with Gasteiger partial charge in [-0.25, -0.2) is 4.79 Å². The zero-order valence-electron chi connectivity index (χ0n) is 9.41. The fourth-order valence-corrected chi connectivity index (χ4v) is 1.97. The smallest absolute Gasteiger partial charge is 0.337 e. The van der Waals surface area contributed by atoms with Crippen LogP contribution in [-0.2, 0) is 10.2 Å². The molecule has 1 aliphatic rings. The van der Waals surface area contributed by atoms with Crippen molar-refractivity contribution in [2.75, 3.05) is 25.6 Å². The second-order valence-electron chi connectivity index (χ2n) is 4.32. The molecule has 1 aliphatic heterocycles. The zero-order valence-corrected chi connectivity index (χ0v) is 9.41. The number of methoxy groups -OCH3 is 1. The number of rotatable bonds is 2. The predicted molar refractivity (Wildman–Crippen MR) is 60.7 cm³/mol. The molecule has 0 saturated heterocycles. The van der Waals surface area contributed by atoms with E-state index in [2.05, 4.69) is 10.1 Å². The van der Waals surface area contributed by atoms with Gasteiger partial charge in [-0.2, -0.15) is 0 Å². The number of hydrogen-bond acceptors (Lipinski definition) is 4. The van der Waals surface area contributed by atoms with E-state index in [4.69, 9.17) is 0 Å². The molecule has 0 radical (unpaired) electrons. The molecule has 1 unspecified atom stereocenters. The number of hydrogen-bond donors (Lipinski definition) is 2. The van der Waals surface area contributed by atoms with Crippen LogP contribution in [0.3, 0.4) is 0 Å². The normalized spacial score (nSPS) is 22.4. The van der Waals surface area contributed by atoms with Crippen molar-refractivity contribution in [1.82, 2.24) is 0 Å². The Morgan fingerprint density at radius 3 is 3.00 bits per heavy atom. The number of nitrogens with one attached hydrogen (secondary N) is 1. The van der Waals surface area contributed by atoms with Gasteiger partial charge >= 0.3 is 5.97 Å². The Morgan fingerprint density at radius 2 is 2.38 bits per heavy atom. The summed E-state index contributed by atoms with van der Waals surface area (Å²) in [4.78, 5) is 11.4. The van der Waals surface area contributed by atoms with Gasteiger partial charge in [-0.15, -0.1) is 0 Å². The molecule has 2 rings (SSSR count). The number of esters is 1. The van der Waals surface area contributed by atoms with E-state index in [1.807, 2.05) is 13.0 Å². The third kappa shape index (κ3) is 1.55. The Kier molecular flexibility index (Phi) is 2.59. The predicted octanol–water partition coefficient (Wildman–Crippen LogP) is 1.15. The number of benzene rings is 1. The molecule has 1 atom stereocenters. The lowest BCUT2D eigenvalue weighted by atomic mass is 9.85. The summed E-state index contributed by atoms with van der Waals surface area (Å²) < 4.78 is 4.68. The summed E-state index contributed by atoms with van der Waals surface area (Å²) >= 11 is 0. The Balaban J connectivity index is 2.45. The van der Waals surface area contributed by atoms with Gasteiger partial charge in [0.15, 0.2) is 0 Å². The first-order valence-electron chi connectivity index (χ1n) is 5.18. The van der Waals surface area contributed by atoms with Gasteiger partial charge in [0, 0.05) is 17.6 Å². The van der Waals surface area contributed by atoms with Crippen molar-refractivity contribution in [3.8, 4) is 0 Å². The van der Waals surface area contributed by atoms with E-state index in [0.29, 0.717) is 12.1 Å². The molecule has 0 aliphatic carbocycles. The van der Waals surface area contributed by atoms with Crippen LogP contribution in [0.25, 0.3) is 0 Å². The second kappa shape index (κ2) is 3.79. The lowest BCUT2D eigenvalue weighted by Crippen LogP contribution is -2.28. The van der Waals surface area contributed by atoms with Crippen LogP contribution in [0.1, 0.15) is 22.8 Å². The maximum Gasteiger partial charge on any atom is 0.337 e. The largest absolute Gasteiger partial charge is 0.465 e. The van der Waals surface area contributed by atoms with Gasteiger partial charge in [-0.1, -0.05) is 6.92 Å². The van der Waals surface area contributed by atoms with Crippen LogP contribution >= 0.6 is 0 Å². The number of ether oxygens (including phenoxy) is 1. The van der Waals surface area contributed by atoms with Gasteiger partial charge in [0.05, 0.1) is 19.3 Å².